The fourth-order valence-corrected chi connectivity index (χ4v) is 3.15. The standard InChI is InChI=1S/C20H26N4O3/c1-24(2)10-4-8-21-17-18(20(26)19(17)25)22-9-7-13-12-23-16-6-5-14(27-3)11-15(13)16/h5-6,11-12,21-23H,4,7-10H2,1-3H3. The Kier molecular flexibility index (Phi) is 5.81. The van der Waals surface area contributed by atoms with E-state index in [9.17, 15) is 9.59 Å². The third-order valence-corrected chi connectivity index (χ3v) is 4.66. The van der Waals surface area contributed by atoms with Crippen molar-refractivity contribution in [3.05, 3.63) is 50.4 Å². The largest absolute Gasteiger partial charge is 0.497 e. The van der Waals surface area contributed by atoms with E-state index in [1.54, 1.807) is 7.11 Å². The van der Waals surface area contributed by atoms with Crippen molar-refractivity contribution in [2.24, 2.45) is 0 Å². The van der Waals surface area contributed by atoms with Crippen molar-refractivity contribution in [1.82, 2.24) is 9.88 Å². The molecular formula is C20H26N4O3. The number of benzene rings is 1. The lowest BCUT2D eigenvalue weighted by Crippen LogP contribution is -2.38. The molecule has 0 atom stereocenters. The van der Waals surface area contributed by atoms with Gasteiger partial charge in [0.2, 0.25) is 0 Å². The van der Waals surface area contributed by atoms with Crippen LogP contribution < -0.4 is 26.2 Å². The maximum Gasteiger partial charge on any atom is 0.253 e. The van der Waals surface area contributed by atoms with Crippen LogP contribution in [-0.4, -0.2) is 50.7 Å². The summed E-state index contributed by atoms with van der Waals surface area (Å²) in [6.07, 6.45) is 3.60. The van der Waals surface area contributed by atoms with Gasteiger partial charge in [0.15, 0.2) is 0 Å². The Morgan fingerprint density at radius 3 is 2.44 bits per heavy atom. The molecule has 0 aliphatic heterocycles. The number of methoxy groups -OCH3 is 1. The zero-order valence-corrected chi connectivity index (χ0v) is 16.0. The fourth-order valence-electron chi connectivity index (χ4n) is 3.15. The normalized spacial score (nSPS) is 11.4. The first-order chi connectivity index (χ1) is 13.0. The summed E-state index contributed by atoms with van der Waals surface area (Å²) < 4.78 is 5.29. The first-order valence-electron chi connectivity index (χ1n) is 9.11. The number of nitrogens with one attached hydrogen (secondary N) is 3. The highest BCUT2D eigenvalue weighted by Crippen LogP contribution is 2.24. The van der Waals surface area contributed by atoms with Gasteiger partial charge in [0, 0.05) is 30.2 Å². The van der Waals surface area contributed by atoms with Crippen LogP contribution in [0.5, 0.6) is 5.75 Å². The molecule has 3 aromatic rings. The van der Waals surface area contributed by atoms with Gasteiger partial charge >= 0.3 is 0 Å². The van der Waals surface area contributed by atoms with Crippen molar-refractivity contribution in [3.63, 3.8) is 0 Å². The lowest BCUT2D eigenvalue weighted by atomic mass is 10.1. The summed E-state index contributed by atoms with van der Waals surface area (Å²) in [5.41, 5.74) is 2.13. The second kappa shape index (κ2) is 8.26. The Hall–Kier alpha value is -2.80. The fraction of sp³-hybridized carbons (Fsp3) is 0.400. The number of rotatable bonds is 10. The van der Waals surface area contributed by atoms with E-state index in [1.165, 1.54) is 0 Å². The summed E-state index contributed by atoms with van der Waals surface area (Å²) in [6.45, 7) is 2.16. The van der Waals surface area contributed by atoms with Crippen molar-refractivity contribution in [2.45, 2.75) is 12.8 Å². The zero-order chi connectivity index (χ0) is 19.4. The van der Waals surface area contributed by atoms with E-state index in [2.05, 4.69) is 20.5 Å². The van der Waals surface area contributed by atoms with E-state index < -0.39 is 10.9 Å². The summed E-state index contributed by atoms with van der Waals surface area (Å²) in [4.78, 5) is 29.0. The van der Waals surface area contributed by atoms with Gasteiger partial charge in [-0.15, -0.1) is 0 Å². The van der Waals surface area contributed by atoms with E-state index in [-0.39, 0.29) is 0 Å². The van der Waals surface area contributed by atoms with Crippen LogP contribution in [0.3, 0.4) is 0 Å². The van der Waals surface area contributed by atoms with Gasteiger partial charge in [0.05, 0.1) is 7.11 Å². The maximum atomic E-state index is 11.9. The summed E-state index contributed by atoms with van der Waals surface area (Å²) in [7, 11) is 5.66. The van der Waals surface area contributed by atoms with Crippen LogP contribution in [0.4, 0.5) is 11.4 Å². The molecule has 1 aromatic heterocycles. The second-order valence-electron chi connectivity index (χ2n) is 6.89. The first-order valence-corrected chi connectivity index (χ1v) is 9.11. The molecule has 27 heavy (non-hydrogen) atoms. The number of aromatic amines is 1. The SMILES string of the molecule is COc1ccc2[nH]cc(CCNc3c(NCCCN(C)C)c(=O)c3=O)c2c1. The first kappa shape index (κ1) is 19.0. The third-order valence-electron chi connectivity index (χ3n) is 4.66. The molecule has 0 saturated carbocycles. The average molecular weight is 370 g/mol. The molecule has 0 aliphatic carbocycles. The Morgan fingerprint density at radius 2 is 1.78 bits per heavy atom. The lowest BCUT2D eigenvalue weighted by Gasteiger charge is -2.15. The lowest BCUT2D eigenvalue weighted by molar-refractivity contribution is 0.405. The van der Waals surface area contributed by atoms with Crippen molar-refractivity contribution >= 4 is 22.3 Å². The van der Waals surface area contributed by atoms with Gasteiger partial charge in [-0.05, 0) is 57.2 Å². The van der Waals surface area contributed by atoms with Crippen molar-refractivity contribution in [3.8, 4) is 5.75 Å². The predicted molar refractivity (Wildman–Crippen MR) is 110 cm³/mol. The van der Waals surface area contributed by atoms with Gasteiger partial charge in [-0.1, -0.05) is 0 Å². The molecule has 0 radical (unpaired) electrons. The molecule has 7 nitrogen and oxygen atoms in total. The van der Waals surface area contributed by atoms with Crippen molar-refractivity contribution < 1.29 is 4.74 Å². The average Bonchev–Trinajstić information content (AvgIpc) is 3.07. The molecule has 1 heterocycles. The van der Waals surface area contributed by atoms with Crippen molar-refractivity contribution in [2.75, 3.05) is 51.5 Å². The maximum absolute atomic E-state index is 11.9. The van der Waals surface area contributed by atoms with Crippen LogP contribution in [0, 0.1) is 0 Å². The van der Waals surface area contributed by atoms with E-state index in [0.29, 0.717) is 24.5 Å². The van der Waals surface area contributed by atoms with E-state index in [4.69, 9.17) is 4.74 Å². The molecule has 0 spiro atoms. The van der Waals surface area contributed by atoms with Crippen LogP contribution in [0.2, 0.25) is 0 Å². The van der Waals surface area contributed by atoms with Crippen LogP contribution in [-0.2, 0) is 6.42 Å². The summed E-state index contributed by atoms with van der Waals surface area (Å²) in [5.74, 6) is 0.808. The van der Waals surface area contributed by atoms with Crippen LogP contribution >= 0.6 is 0 Å². The smallest absolute Gasteiger partial charge is 0.253 e. The van der Waals surface area contributed by atoms with Gasteiger partial charge in [-0.25, -0.2) is 0 Å². The van der Waals surface area contributed by atoms with Gasteiger partial charge in [-0.3, -0.25) is 9.59 Å². The van der Waals surface area contributed by atoms with E-state index in [1.807, 2.05) is 38.5 Å². The topological polar surface area (TPSA) is 86.5 Å². The second-order valence-corrected chi connectivity index (χ2v) is 6.89. The van der Waals surface area contributed by atoms with Gasteiger partial charge < -0.3 is 25.3 Å². The molecule has 144 valence electrons. The van der Waals surface area contributed by atoms with E-state index >= 15 is 0 Å². The molecule has 0 fully saturated rings. The molecule has 0 unspecified atom stereocenters. The zero-order valence-electron chi connectivity index (χ0n) is 16.0. The number of aromatic nitrogens is 1. The quantitative estimate of drug-likeness (QED) is 0.373. The number of nitrogens with zero attached hydrogens (tertiary/aromatic N) is 1. The molecule has 0 aliphatic rings. The monoisotopic (exact) mass is 370 g/mol. The minimum absolute atomic E-state index is 0.405. The highest BCUT2D eigenvalue weighted by Gasteiger charge is 2.20. The highest BCUT2D eigenvalue weighted by molar-refractivity contribution is 5.84. The molecule has 3 rings (SSSR count). The Morgan fingerprint density at radius 1 is 1.07 bits per heavy atom. The number of anilines is 2. The van der Waals surface area contributed by atoms with Gasteiger partial charge in [0.25, 0.3) is 10.9 Å². The molecule has 0 amide bonds. The number of hydrogen-bond donors (Lipinski definition) is 3. The molecule has 0 saturated heterocycles. The van der Waals surface area contributed by atoms with Gasteiger partial charge in [0.1, 0.15) is 17.1 Å². The van der Waals surface area contributed by atoms with Crippen molar-refractivity contribution in [1.29, 1.82) is 0 Å². The molecule has 3 N–H and O–H groups in total. The molecule has 0 bridgehead atoms. The number of ether oxygens (including phenoxy) is 1. The molecule has 7 heteroatoms. The van der Waals surface area contributed by atoms with Gasteiger partial charge in [-0.2, -0.15) is 0 Å². The number of fused-ring (bicyclic) bond motifs is 1. The van der Waals surface area contributed by atoms with Crippen LogP contribution in [0.15, 0.2) is 34.0 Å². The number of hydrogen-bond acceptors (Lipinski definition) is 6. The Labute approximate surface area is 158 Å². The predicted octanol–water partition coefficient (Wildman–Crippen LogP) is 1.79. The summed E-state index contributed by atoms with van der Waals surface area (Å²) in [6, 6.07) is 5.90. The van der Waals surface area contributed by atoms with E-state index in [0.717, 1.165) is 41.6 Å². The Bertz CT molecular complexity index is 983. The Balaban J connectivity index is 1.59. The third kappa shape index (κ3) is 4.14. The molecular weight excluding hydrogens is 344 g/mol. The highest BCUT2D eigenvalue weighted by atomic mass is 16.5. The molecule has 2 aromatic carbocycles. The minimum Gasteiger partial charge on any atom is -0.497 e. The van der Waals surface area contributed by atoms with Crippen LogP contribution in [0.1, 0.15) is 12.0 Å². The summed E-state index contributed by atoms with van der Waals surface area (Å²) in [5, 5.41) is 7.31. The van der Waals surface area contributed by atoms with Crippen LogP contribution in [0.25, 0.3) is 10.9 Å². The minimum atomic E-state index is -0.439. The summed E-state index contributed by atoms with van der Waals surface area (Å²) >= 11 is 0. The number of H-pyrrole nitrogens is 1.